The van der Waals surface area contributed by atoms with Gasteiger partial charge in [-0.1, -0.05) is 26.0 Å². The molecule has 0 fully saturated rings. The van der Waals surface area contributed by atoms with Crippen LogP contribution in [0.5, 0.6) is 5.75 Å². The minimum Gasteiger partial charge on any atom is -0.435 e. The van der Waals surface area contributed by atoms with Crippen LogP contribution < -0.4 is 10.1 Å². The molecule has 0 aliphatic rings. The van der Waals surface area contributed by atoms with Crippen molar-refractivity contribution in [3.63, 3.8) is 0 Å². The van der Waals surface area contributed by atoms with Crippen LogP contribution in [0.3, 0.4) is 0 Å². The molecule has 0 aromatic heterocycles. The van der Waals surface area contributed by atoms with Crippen molar-refractivity contribution >= 4 is 5.91 Å². The summed E-state index contributed by atoms with van der Waals surface area (Å²) in [6, 6.07) is 6.19. The van der Waals surface area contributed by atoms with Crippen LogP contribution in [0.1, 0.15) is 32.8 Å². The zero-order valence-corrected chi connectivity index (χ0v) is 13.1. The van der Waals surface area contributed by atoms with Gasteiger partial charge < -0.3 is 15.2 Å². The lowest BCUT2D eigenvalue weighted by Crippen LogP contribution is -2.44. The van der Waals surface area contributed by atoms with E-state index < -0.39 is 12.2 Å². The molecule has 0 radical (unpaired) electrons. The predicted octanol–water partition coefficient (Wildman–Crippen LogP) is 2.74. The van der Waals surface area contributed by atoms with E-state index in [1.54, 1.807) is 19.1 Å². The lowest BCUT2D eigenvalue weighted by molar-refractivity contribution is -0.122. The van der Waals surface area contributed by atoms with Crippen LogP contribution >= 0.6 is 0 Å². The Balaban J connectivity index is 2.38. The number of carbonyl (C=O) groups excluding carboxylic acids is 1. The van der Waals surface area contributed by atoms with Gasteiger partial charge in [0.05, 0.1) is 5.60 Å². The Morgan fingerprint density at radius 3 is 2.41 bits per heavy atom. The number of hydrogen-bond donors (Lipinski definition) is 2. The van der Waals surface area contributed by atoms with Crippen LogP contribution in [0.4, 0.5) is 8.78 Å². The number of ether oxygens (including phenoxy) is 1. The third-order valence-electron chi connectivity index (χ3n) is 3.68. The van der Waals surface area contributed by atoms with E-state index in [0.29, 0.717) is 6.42 Å². The van der Waals surface area contributed by atoms with Gasteiger partial charge in [0.15, 0.2) is 0 Å². The minimum absolute atomic E-state index is 0.0372. The van der Waals surface area contributed by atoms with Gasteiger partial charge in [-0.2, -0.15) is 8.78 Å². The molecule has 0 heterocycles. The number of nitrogens with one attached hydrogen (secondary N) is 1. The van der Waals surface area contributed by atoms with E-state index >= 15 is 0 Å². The van der Waals surface area contributed by atoms with Crippen molar-refractivity contribution in [3.8, 4) is 5.75 Å². The van der Waals surface area contributed by atoms with Gasteiger partial charge in [-0.3, -0.25) is 4.79 Å². The number of alkyl halides is 2. The van der Waals surface area contributed by atoms with Crippen LogP contribution in [-0.2, 0) is 11.2 Å². The highest BCUT2D eigenvalue weighted by molar-refractivity contribution is 5.76. The highest BCUT2D eigenvalue weighted by Crippen LogP contribution is 2.16. The Labute approximate surface area is 129 Å². The van der Waals surface area contributed by atoms with E-state index in [0.717, 1.165) is 5.56 Å². The minimum atomic E-state index is -2.84. The van der Waals surface area contributed by atoms with Crippen LogP contribution in [0.25, 0.3) is 0 Å². The standard InChI is InChI=1S/C16H23F2NO3/c1-11(2)16(3,21)10-19-14(20)9-6-12-4-7-13(8-5-12)22-15(17)18/h4-5,7-8,11,15,21H,6,9-10H2,1-3H3,(H,19,20). The van der Waals surface area contributed by atoms with Crippen LogP contribution in [0.2, 0.25) is 0 Å². The lowest BCUT2D eigenvalue weighted by Gasteiger charge is -2.27. The van der Waals surface area contributed by atoms with E-state index in [9.17, 15) is 18.7 Å². The lowest BCUT2D eigenvalue weighted by atomic mass is 9.92. The van der Waals surface area contributed by atoms with Crippen molar-refractivity contribution in [2.24, 2.45) is 5.92 Å². The van der Waals surface area contributed by atoms with E-state index in [2.05, 4.69) is 10.1 Å². The summed E-state index contributed by atoms with van der Waals surface area (Å²) in [5, 5.41) is 12.7. The molecule has 1 aromatic carbocycles. The first kappa shape index (κ1) is 18.4. The molecule has 0 bridgehead atoms. The van der Waals surface area contributed by atoms with Gasteiger partial charge >= 0.3 is 6.61 Å². The zero-order chi connectivity index (χ0) is 16.8. The first-order valence-corrected chi connectivity index (χ1v) is 7.23. The molecule has 0 saturated carbocycles. The van der Waals surface area contributed by atoms with Gasteiger partial charge in [0.25, 0.3) is 0 Å². The number of carbonyl (C=O) groups is 1. The van der Waals surface area contributed by atoms with Crippen molar-refractivity contribution in [2.75, 3.05) is 6.54 Å². The molecule has 1 amide bonds. The van der Waals surface area contributed by atoms with Gasteiger partial charge in [-0.25, -0.2) is 0 Å². The van der Waals surface area contributed by atoms with E-state index in [1.165, 1.54) is 12.1 Å². The number of rotatable bonds is 8. The maximum Gasteiger partial charge on any atom is 0.387 e. The van der Waals surface area contributed by atoms with Crippen molar-refractivity contribution < 1.29 is 23.4 Å². The number of benzene rings is 1. The fourth-order valence-electron chi connectivity index (χ4n) is 1.67. The fraction of sp³-hybridized carbons (Fsp3) is 0.562. The quantitative estimate of drug-likeness (QED) is 0.775. The third kappa shape index (κ3) is 6.39. The number of amides is 1. The highest BCUT2D eigenvalue weighted by Gasteiger charge is 2.25. The number of aryl methyl sites for hydroxylation is 1. The average Bonchev–Trinajstić information content (AvgIpc) is 2.43. The first-order valence-electron chi connectivity index (χ1n) is 7.23. The highest BCUT2D eigenvalue weighted by atomic mass is 19.3. The maximum atomic E-state index is 12.0. The second-order valence-electron chi connectivity index (χ2n) is 5.81. The van der Waals surface area contributed by atoms with E-state index in [-0.39, 0.29) is 30.5 Å². The SMILES string of the molecule is CC(C)C(C)(O)CNC(=O)CCc1ccc(OC(F)F)cc1. The molecule has 1 atom stereocenters. The molecule has 0 saturated heterocycles. The topological polar surface area (TPSA) is 58.6 Å². The fourth-order valence-corrected chi connectivity index (χ4v) is 1.67. The molecular formula is C16H23F2NO3. The van der Waals surface area contributed by atoms with Crippen LogP contribution in [0.15, 0.2) is 24.3 Å². The Morgan fingerprint density at radius 2 is 1.91 bits per heavy atom. The van der Waals surface area contributed by atoms with E-state index in [1.807, 2.05) is 13.8 Å². The van der Waals surface area contributed by atoms with Gasteiger partial charge in [0, 0.05) is 13.0 Å². The Morgan fingerprint density at radius 1 is 1.32 bits per heavy atom. The van der Waals surface area contributed by atoms with Crippen LogP contribution in [-0.4, -0.2) is 29.8 Å². The van der Waals surface area contributed by atoms with Gasteiger partial charge in [-0.15, -0.1) is 0 Å². The smallest absolute Gasteiger partial charge is 0.387 e. The molecule has 0 spiro atoms. The summed E-state index contributed by atoms with van der Waals surface area (Å²) in [4.78, 5) is 11.8. The molecule has 4 nitrogen and oxygen atoms in total. The normalized spacial score (nSPS) is 14.0. The molecule has 0 aliphatic heterocycles. The molecular weight excluding hydrogens is 292 g/mol. The maximum absolute atomic E-state index is 12.0. The van der Waals surface area contributed by atoms with Crippen LogP contribution in [0, 0.1) is 5.92 Å². The molecule has 2 N–H and O–H groups in total. The van der Waals surface area contributed by atoms with Crippen molar-refractivity contribution in [1.82, 2.24) is 5.32 Å². The summed E-state index contributed by atoms with van der Waals surface area (Å²) >= 11 is 0. The Kier molecular flexibility index (Phi) is 6.74. The summed E-state index contributed by atoms with van der Waals surface area (Å²) in [5.74, 6) is -0.0276. The average molecular weight is 315 g/mol. The molecule has 6 heteroatoms. The monoisotopic (exact) mass is 315 g/mol. The summed E-state index contributed by atoms with van der Waals surface area (Å²) in [7, 11) is 0. The summed E-state index contributed by atoms with van der Waals surface area (Å²) < 4.78 is 28.3. The number of halogens is 2. The first-order chi connectivity index (χ1) is 10.2. The van der Waals surface area contributed by atoms with E-state index in [4.69, 9.17) is 0 Å². The third-order valence-corrected chi connectivity index (χ3v) is 3.68. The Hall–Kier alpha value is -1.69. The number of hydrogen-bond acceptors (Lipinski definition) is 3. The van der Waals surface area contributed by atoms with Crippen molar-refractivity contribution in [1.29, 1.82) is 0 Å². The molecule has 1 aromatic rings. The van der Waals surface area contributed by atoms with Gasteiger partial charge in [0.2, 0.25) is 5.91 Å². The summed E-state index contributed by atoms with van der Waals surface area (Å²) in [5.41, 5.74) is -0.0865. The second kappa shape index (κ2) is 8.08. The Bertz CT molecular complexity index is 473. The molecule has 22 heavy (non-hydrogen) atoms. The second-order valence-corrected chi connectivity index (χ2v) is 5.81. The largest absolute Gasteiger partial charge is 0.435 e. The summed E-state index contributed by atoms with van der Waals surface area (Å²) in [6.07, 6.45) is 0.758. The summed E-state index contributed by atoms with van der Waals surface area (Å²) in [6.45, 7) is 2.81. The number of aliphatic hydroxyl groups is 1. The molecule has 1 rings (SSSR count). The van der Waals surface area contributed by atoms with Gasteiger partial charge in [0.1, 0.15) is 5.75 Å². The van der Waals surface area contributed by atoms with Crippen molar-refractivity contribution in [3.05, 3.63) is 29.8 Å². The predicted molar refractivity (Wildman–Crippen MR) is 79.9 cm³/mol. The zero-order valence-electron chi connectivity index (χ0n) is 13.1. The van der Waals surface area contributed by atoms with Gasteiger partial charge in [-0.05, 0) is 37.0 Å². The molecule has 0 aliphatic carbocycles. The molecule has 124 valence electrons. The molecule has 1 unspecified atom stereocenters. The van der Waals surface area contributed by atoms with Crippen molar-refractivity contribution in [2.45, 2.75) is 45.8 Å².